The summed E-state index contributed by atoms with van der Waals surface area (Å²) < 4.78 is 0. The van der Waals surface area contributed by atoms with Crippen LogP contribution in [0.1, 0.15) is 26.0 Å². The number of aromatic nitrogens is 2. The molecule has 0 saturated carbocycles. The van der Waals surface area contributed by atoms with Crippen LogP contribution in [0.4, 0.5) is 5.82 Å². The van der Waals surface area contributed by atoms with Crippen molar-refractivity contribution < 1.29 is 0 Å². The van der Waals surface area contributed by atoms with Gasteiger partial charge >= 0.3 is 0 Å². The predicted octanol–water partition coefficient (Wildman–Crippen LogP) is 1.17. The van der Waals surface area contributed by atoms with Gasteiger partial charge in [-0.2, -0.15) is 0 Å². The smallest absolute Gasteiger partial charge is 0.151 e. The Balaban J connectivity index is 2.29. The lowest BCUT2D eigenvalue weighted by molar-refractivity contribution is 0.625. The van der Waals surface area contributed by atoms with Crippen molar-refractivity contribution in [2.45, 2.75) is 32.9 Å². The molecule has 15 heavy (non-hydrogen) atoms. The van der Waals surface area contributed by atoms with Gasteiger partial charge in [0.2, 0.25) is 0 Å². The quantitative estimate of drug-likeness (QED) is 0.789. The van der Waals surface area contributed by atoms with Crippen molar-refractivity contribution in [1.29, 1.82) is 0 Å². The molecule has 0 aliphatic carbocycles. The van der Waals surface area contributed by atoms with Gasteiger partial charge in [0.1, 0.15) is 0 Å². The summed E-state index contributed by atoms with van der Waals surface area (Å²) in [5.41, 5.74) is 6.57. The van der Waals surface area contributed by atoms with Crippen molar-refractivity contribution in [2.75, 3.05) is 11.4 Å². The minimum Gasteiger partial charge on any atom is -0.352 e. The highest BCUT2D eigenvalue weighted by Gasteiger charge is 2.28. The number of hydrogen-bond acceptors (Lipinski definition) is 4. The molecule has 2 atom stereocenters. The van der Waals surface area contributed by atoms with E-state index in [4.69, 9.17) is 5.73 Å². The van der Waals surface area contributed by atoms with Crippen molar-refractivity contribution in [1.82, 2.24) is 9.97 Å². The number of nitrogens with zero attached hydrogens (tertiary/aromatic N) is 3. The van der Waals surface area contributed by atoms with Gasteiger partial charge in [0.25, 0.3) is 0 Å². The highest BCUT2D eigenvalue weighted by Crippen LogP contribution is 2.28. The zero-order valence-electron chi connectivity index (χ0n) is 9.35. The Morgan fingerprint density at radius 2 is 2.13 bits per heavy atom. The molecular weight excluding hydrogens is 188 g/mol. The largest absolute Gasteiger partial charge is 0.352 e. The van der Waals surface area contributed by atoms with Crippen molar-refractivity contribution in [2.24, 2.45) is 11.7 Å². The predicted molar refractivity (Wildman–Crippen MR) is 60.5 cm³/mol. The minimum absolute atomic E-state index is 0.459. The summed E-state index contributed by atoms with van der Waals surface area (Å²) in [6.45, 7) is 6.03. The SMILES string of the molecule is CC1CC(C)N(c2nccnc2CN)C1. The highest BCUT2D eigenvalue weighted by molar-refractivity contribution is 5.45. The Morgan fingerprint density at radius 1 is 1.40 bits per heavy atom. The third kappa shape index (κ3) is 1.95. The molecule has 0 aromatic carbocycles. The van der Waals surface area contributed by atoms with Crippen LogP contribution in [0, 0.1) is 5.92 Å². The lowest BCUT2D eigenvalue weighted by Crippen LogP contribution is -2.29. The van der Waals surface area contributed by atoms with Crippen molar-refractivity contribution >= 4 is 5.82 Å². The molecule has 0 radical (unpaired) electrons. The Bertz CT molecular complexity index is 339. The molecule has 1 aliphatic rings. The van der Waals surface area contributed by atoms with E-state index in [-0.39, 0.29) is 0 Å². The number of anilines is 1. The summed E-state index contributed by atoms with van der Waals surface area (Å²) in [4.78, 5) is 11.0. The van der Waals surface area contributed by atoms with Crippen LogP contribution < -0.4 is 10.6 Å². The second-order valence-electron chi connectivity index (χ2n) is 4.37. The first-order valence-electron chi connectivity index (χ1n) is 5.49. The van der Waals surface area contributed by atoms with Crippen LogP contribution in [-0.4, -0.2) is 22.6 Å². The fraction of sp³-hybridized carbons (Fsp3) is 0.636. The molecule has 2 rings (SSSR count). The molecule has 1 fully saturated rings. The van der Waals surface area contributed by atoms with Crippen LogP contribution in [0.2, 0.25) is 0 Å². The van der Waals surface area contributed by atoms with E-state index in [1.165, 1.54) is 6.42 Å². The summed E-state index contributed by atoms with van der Waals surface area (Å²) in [6.07, 6.45) is 4.67. The monoisotopic (exact) mass is 206 g/mol. The Morgan fingerprint density at radius 3 is 2.73 bits per heavy atom. The molecule has 2 unspecified atom stereocenters. The van der Waals surface area contributed by atoms with Gasteiger partial charge in [0.05, 0.1) is 5.69 Å². The van der Waals surface area contributed by atoms with Gasteiger partial charge in [0.15, 0.2) is 5.82 Å². The molecule has 0 spiro atoms. The van der Waals surface area contributed by atoms with Crippen molar-refractivity contribution in [3.05, 3.63) is 18.1 Å². The maximum absolute atomic E-state index is 5.67. The van der Waals surface area contributed by atoms with E-state index in [1.54, 1.807) is 12.4 Å². The molecule has 4 heteroatoms. The molecule has 4 nitrogen and oxygen atoms in total. The summed E-state index contributed by atoms with van der Waals surface area (Å²) in [6, 6.07) is 0.544. The molecule has 1 saturated heterocycles. The Labute approximate surface area is 90.5 Å². The van der Waals surface area contributed by atoms with Gasteiger partial charge in [-0.1, -0.05) is 6.92 Å². The molecule has 0 amide bonds. The standard InChI is InChI=1S/C11H18N4/c1-8-5-9(2)15(7-8)11-10(6-12)13-3-4-14-11/h3-4,8-9H,5-7,12H2,1-2H3. The van der Waals surface area contributed by atoms with E-state index in [1.807, 2.05) is 0 Å². The summed E-state index contributed by atoms with van der Waals surface area (Å²) in [5, 5.41) is 0. The van der Waals surface area contributed by atoms with Gasteiger partial charge < -0.3 is 10.6 Å². The van der Waals surface area contributed by atoms with Crippen LogP contribution in [0.5, 0.6) is 0 Å². The van der Waals surface area contributed by atoms with E-state index < -0.39 is 0 Å². The minimum atomic E-state index is 0.459. The molecule has 2 N–H and O–H groups in total. The zero-order valence-corrected chi connectivity index (χ0v) is 9.35. The molecule has 0 bridgehead atoms. The Hall–Kier alpha value is -1.16. The summed E-state index contributed by atoms with van der Waals surface area (Å²) in [7, 11) is 0. The third-order valence-electron chi connectivity index (χ3n) is 3.00. The maximum atomic E-state index is 5.67. The third-order valence-corrected chi connectivity index (χ3v) is 3.00. The molecule has 1 aromatic heterocycles. The topological polar surface area (TPSA) is 55.0 Å². The second kappa shape index (κ2) is 4.14. The number of nitrogens with two attached hydrogens (primary N) is 1. The fourth-order valence-electron chi connectivity index (χ4n) is 2.34. The van der Waals surface area contributed by atoms with Gasteiger partial charge in [-0.15, -0.1) is 0 Å². The number of hydrogen-bond donors (Lipinski definition) is 1. The van der Waals surface area contributed by atoms with Gasteiger partial charge in [-0.3, -0.25) is 4.98 Å². The molecule has 1 aromatic rings. The van der Waals surface area contributed by atoms with Crippen LogP contribution in [0.15, 0.2) is 12.4 Å². The normalized spacial score (nSPS) is 25.9. The van der Waals surface area contributed by atoms with Crippen molar-refractivity contribution in [3.8, 4) is 0 Å². The average Bonchev–Trinajstić information content (AvgIpc) is 2.57. The van der Waals surface area contributed by atoms with Gasteiger partial charge in [0, 0.05) is 31.5 Å². The lowest BCUT2D eigenvalue weighted by atomic mass is 10.1. The van der Waals surface area contributed by atoms with Gasteiger partial charge in [-0.05, 0) is 19.3 Å². The molecular formula is C11H18N4. The first-order chi connectivity index (χ1) is 7.22. The highest BCUT2D eigenvalue weighted by atomic mass is 15.2. The number of rotatable bonds is 2. The second-order valence-corrected chi connectivity index (χ2v) is 4.37. The molecule has 82 valence electrons. The fourth-order valence-corrected chi connectivity index (χ4v) is 2.34. The molecule has 2 heterocycles. The average molecular weight is 206 g/mol. The van der Waals surface area contributed by atoms with E-state index in [0.717, 1.165) is 24.0 Å². The van der Waals surface area contributed by atoms with Crippen LogP contribution in [0.3, 0.4) is 0 Å². The Kier molecular flexibility index (Phi) is 2.86. The zero-order chi connectivity index (χ0) is 10.8. The van der Waals surface area contributed by atoms with Crippen LogP contribution in [0.25, 0.3) is 0 Å². The summed E-state index contributed by atoms with van der Waals surface area (Å²) >= 11 is 0. The van der Waals surface area contributed by atoms with Crippen molar-refractivity contribution in [3.63, 3.8) is 0 Å². The lowest BCUT2D eigenvalue weighted by Gasteiger charge is -2.23. The van der Waals surface area contributed by atoms with E-state index in [9.17, 15) is 0 Å². The van der Waals surface area contributed by atoms with E-state index in [0.29, 0.717) is 12.6 Å². The van der Waals surface area contributed by atoms with Gasteiger partial charge in [-0.25, -0.2) is 4.98 Å². The maximum Gasteiger partial charge on any atom is 0.151 e. The summed E-state index contributed by atoms with van der Waals surface area (Å²) in [5.74, 6) is 1.70. The van der Waals surface area contributed by atoms with Crippen LogP contribution >= 0.6 is 0 Å². The van der Waals surface area contributed by atoms with E-state index >= 15 is 0 Å². The first kappa shape index (κ1) is 10.4. The van der Waals surface area contributed by atoms with E-state index in [2.05, 4.69) is 28.7 Å². The molecule has 1 aliphatic heterocycles. The first-order valence-corrected chi connectivity index (χ1v) is 5.49. The van der Waals surface area contributed by atoms with Crippen LogP contribution in [-0.2, 0) is 6.54 Å².